The zero-order chi connectivity index (χ0) is 13.7. The highest BCUT2D eigenvalue weighted by molar-refractivity contribution is 6.31. The minimum atomic E-state index is -0.227. The first-order chi connectivity index (χ1) is 9.15. The van der Waals surface area contributed by atoms with Gasteiger partial charge < -0.3 is 10.1 Å². The average molecular weight is 286 g/mol. The monoisotopic (exact) mass is 285 g/mol. The van der Waals surface area contributed by atoms with Crippen LogP contribution in [0.1, 0.15) is 25.3 Å². The first-order valence-electron chi connectivity index (χ1n) is 6.88. The highest BCUT2D eigenvalue weighted by Gasteiger charge is 2.33. The molecule has 0 spiro atoms. The van der Waals surface area contributed by atoms with Crippen LogP contribution >= 0.6 is 11.6 Å². The normalized spacial score (nSPS) is 23.5. The lowest BCUT2D eigenvalue weighted by molar-refractivity contribution is -0.00692. The molecule has 106 valence electrons. The van der Waals surface area contributed by atoms with E-state index in [0.717, 1.165) is 44.5 Å². The third-order valence-electron chi connectivity index (χ3n) is 3.73. The van der Waals surface area contributed by atoms with E-state index in [1.807, 2.05) is 0 Å². The van der Waals surface area contributed by atoms with Crippen LogP contribution in [0, 0.1) is 11.2 Å². The summed E-state index contributed by atoms with van der Waals surface area (Å²) in [7, 11) is 0. The van der Waals surface area contributed by atoms with Gasteiger partial charge in [-0.3, -0.25) is 0 Å². The fourth-order valence-electron chi connectivity index (χ4n) is 2.72. The largest absolute Gasteiger partial charge is 0.381 e. The van der Waals surface area contributed by atoms with Crippen molar-refractivity contribution in [1.29, 1.82) is 0 Å². The van der Waals surface area contributed by atoms with Crippen molar-refractivity contribution >= 4 is 11.6 Å². The highest BCUT2D eigenvalue weighted by Crippen LogP contribution is 2.34. The smallest absolute Gasteiger partial charge is 0.123 e. The lowest BCUT2D eigenvalue weighted by Crippen LogP contribution is -2.42. The topological polar surface area (TPSA) is 21.3 Å². The van der Waals surface area contributed by atoms with Crippen LogP contribution in [0.4, 0.5) is 4.39 Å². The van der Waals surface area contributed by atoms with Gasteiger partial charge >= 0.3 is 0 Å². The summed E-state index contributed by atoms with van der Waals surface area (Å²) >= 11 is 6.18. The van der Waals surface area contributed by atoms with Crippen LogP contribution in [-0.4, -0.2) is 26.3 Å². The van der Waals surface area contributed by atoms with Crippen molar-refractivity contribution < 1.29 is 9.13 Å². The van der Waals surface area contributed by atoms with Crippen molar-refractivity contribution in [3.63, 3.8) is 0 Å². The molecule has 1 saturated heterocycles. The van der Waals surface area contributed by atoms with E-state index < -0.39 is 0 Å². The average Bonchev–Trinajstić information content (AvgIpc) is 2.42. The van der Waals surface area contributed by atoms with Gasteiger partial charge in [0.15, 0.2) is 0 Å². The summed E-state index contributed by atoms with van der Waals surface area (Å²) in [4.78, 5) is 0. The molecule has 1 atom stereocenters. The van der Waals surface area contributed by atoms with Gasteiger partial charge in [0.2, 0.25) is 0 Å². The summed E-state index contributed by atoms with van der Waals surface area (Å²) in [5.41, 5.74) is 0.913. The molecule has 1 aromatic carbocycles. The molecule has 1 unspecified atom stereocenters. The van der Waals surface area contributed by atoms with Crippen molar-refractivity contribution in [2.45, 2.75) is 26.2 Å². The molecule has 0 radical (unpaired) electrons. The molecule has 0 aliphatic carbocycles. The van der Waals surface area contributed by atoms with Crippen molar-refractivity contribution in [3.8, 4) is 0 Å². The van der Waals surface area contributed by atoms with E-state index in [9.17, 15) is 4.39 Å². The first kappa shape index (κ1) is 14.8. The Morgan fingerprint density at radius 2 is 2.32 bits per heavy atom. The molecule has 2 nitrogen and oxygen atoms in total. The molecule has 1 aliphatic rings. The molecule has 1 aromatic rings. The number of hydrogen-bond donors (Lipinski definition) is 1. The SMILES string of the molecule is CCNCC1(Cc2cc(F)ccc2Cl)CCCOC1. The second kappa shape index (κ2) is 6.69. The highest BCUT2D eigenvalue weighted by atomic mass is 35.5. The van der Waals surface area contributed by atoms with E-state index >= 15 is 0 Å². The predicted octanol–water partition coefficient (Wildman–Crippen LogP) is 3.43. The van der Waals surface area contributed by atoms with E-state index in [2.05, 4.69) is 12.2 Å². The van der Waals surface area contributed by atoms with Gasteiger partial charge in [-0.05, 0) is 49.6 Å². The Kier molecular flexibility index (Phi) is 5.20. The minimum Gasteiger partial charge on any atom is -0.381 e. The molecule has 4 heteroatoms. The Morgan fingerprint density at radius 1 is 1.47 bits per heavy atom. The van der Waals surface area contributed by atoms with Gasteiger partial charge in [-0.15, -0.1) is 0 Å². The summed E-state index contributed by atoms with van der Waals surface area (Å²) in [6.07, 6.45) is 2.90. The summed E-state index contributed by atoms with van der Waals surface area (Å²) in [6.45, 7) is 5.44. The third kappa shape index (κ3) is 3.91. The van der Waals surface area contributed by atoms with Crippen LogP contribution in [0.2, 0.25) is 5.02 Å². The van der Waals surface area contributed by atoms with Gasteiger partial charge in [0.1, 0.15) is 5.82 Å². The van der Waals surface area contributed by atoms with E-state index in [1.165, 1.54) is 6.07 Å². The maximum Gasteiger partial charge on any atom is 0.123 e. The first-order valence-corrected chi connectivity index (χ1v) is 7.25. The zero-order valence-electron chi connectivity index (χ0n) is 11.3. The number of hydrogen-bond acceptors (Lipinski definition) is 2. The van der Waals surface area contributed by atoms with Crippen LogP contribution in [0.25, 0.3) is 0 Å². The lowest BCUT2D eigenvalue weighted by Gasteiger charge is -2.37. The van der Waals surface area contributed by atoms with Gasteiger partial charge in [-0.2, -0.15) is 0 Å². The number of halogens is 2. The third-order valence-corrected chi connectivity index (χ3v) is 4.10. The van der Waals surface area contributed by atoms with Crippen molar-refractivity contribution in [2.24, 2.45) is 5.41 Å². The fourth-order valence-corrected chi connectivity index (χ4v) is 2.91. The quantitative estimate of drug-likeness (QED) is 0.895. The molecule has 0 bridgehead atoms. The fraction of sp³-hybridized carbons (Fsp3) is 0.600. The standard InChI is InChI=1S/C15H21ClFNO/c1-2-18-10-15(6-3-7-19-11-15)9-12-8-13(17)4-5-14(12)16/h4-5,8,18H,2-3,6-7,9-11H2,1H3. The van der Waals surface area contributed by atoms with Gasteiger partial charge in [-0.1, -0.05) is 18.5 Å². The molecule has 0 saturated carbocycles. The summed E-state index contributed by atoms with van der Waals surface area (Å²) in [5.74, 6) is -0.227. The number of nitrogens with one attached hydrogen (secondary N) is 1. The molecule has 1 N–H and O–H groups in total. The lowest BCUT2D eigenvalue weighted by atomic mass is 9.77. The number of ether oxygens (including phenoxy) is 1. The molecule has 2 rings (SSSR count). The Morgan fingerprint density at radius 3 is 3.00 bits per heavy atom. The Bertz CT molecular complexity index is 419. The molecule has 0 amide bonds. The van der Waals surface area contributed by atoms with Crippen molar-refractivity contribution in [1.82, 2.24) is 5.32 Å². The molecular formula is C15H21ClFNO. The zero-order valence-corrected chi connectivity index (χ0v) is 12.1. The molecule has 1 aliphatic heterocycles. The van der Waals surface area contributed by atoms with E-state index in [-0.39, 0.29) is 11.2 Å². The van der Waals surface area contributed by atoms with Gasteiger partial charge in [-0.25, -0.2) is 4.39 Å². The second-order valence-electron chi connectivity index (χ2n) is 5.35. The maximum atomic E-state index is 13.4. The Balaban J connectivity index is 2.16. The molecule has 19 heavy (non-hydrogen) atoms. The van der Waals surface area contributed by atoms with Crippen molar-refractivity contribution in [3.05, 3.63) is 34.6 Å². The summed E-state index contributed by atoms with van der Waals surface area (Å²) in [6, 6.07) is 4.58. The van der Waals surface area contributed by atoms with Gasteiger partial charge in [0.05, 0.1) is 6.61 Å². The van der Waals surface area contributed by atoms with Crippen LogP contribution in [0.3, 0.4) is 0 Å². The molecular weight excluding hydrogens is 265 g/mol. The van der Waals surface area contributed by atoms with E-state index in [0.29, 0.717) is 11.6 Å². The van der Waals surface area contributed by atoms with Gasteiger partial charge in [0, 0.05) is 23.6 Å². The summed E-state index contributed by atoms with van der Waals surface area (Å²) < 4.78 is 19.0. The van der Waals surface area contributed by atoms with E-state index in [1.54, 1.807) is 12.1 Å². The number of benzene rings is 1. The molecule has 1 heterocycles. The predicted molar refractivity (Wildman–Crippen MR) is 76.1 cm³/mol. The second-order valence-corrected chi connectivity index (χ2v) is 5.76. The van der Waals surface area contributed by atoms with Crippen LogP contribution < -0.4 is 5.32 Å². The Labute approximate surface area is 119 Å². The van der Waals surface area contributed by atoms with Crippen LogP contribution in [0.15, 0.2) is 18.2 Å². The summed E-state index contributed by atoms with van der Waals surface area (Å²) in [5, 5.41) is 4.04. The van der Waals surface area contributed by atoms with Crippen LogP contribution in [0.5, 0.6) is 0 Å². The Hall–Kier alpha value is -0.640. The van der Waals surface area contributed by atoms with Crippen molar-refractivity contribution in [2.75, 3.05) is 26.3 Å². The molecule has 1 fully saturated rings. The van der Waals surface area contributed by atoms with Gasteiger partial charge in [0.25, 0.3) is 0 Å². The van der Waals surface area contributed by atoms with Crippen LogP contribution in [-0.2, 0) is 11.2 Å². The minimum absolute atomic E-state index is 0.0334. The molecule has 0 aromatic heterocycles. The van der Waals surface area contributed by atoms with E-state index in [4.69, 9.17) is 16.3 Å². The maximum absolute atomic E-state index is 13.4. The number of rotatable bonds is 5.